The van der Waals surface area contributed by atoms with Gasteiger partial charge in [-0.2, -0.15) is 0 Å². The van der Waals surface area contributed by atoms with Gasteiger partial charge in [0.25, 0.3) is 0 Å². The second-order valence-corrected chi connectivity index (χ2v) is 8.96. The van der Waals surface area contributed by atoms with Gasteiger partial charge in [-0.3, -0.25) is 4.79 Å². The number of rotatable bonds is 0. The molecular weight excluding hydrogens is 276 g/mol. The lowest BCUT2D eigenvalue weighted by Gasteiger charge is -2.61. The molecule has 4 aliphatic rings. The lowest BCUT2D eigenvalue weighted by molar-refractivity contribution is -0.160. The van der Waals surface area contributed by atoms with Gasteiger partial charge in [0.05, 0.1) is 6.10 Å². The lowest BCUT2D eigenvalue weighted by atomic mass is 9.46. The summed E-state index contributed by atoms with van der Waals surface area (Å²) in [6, 6.07) is 0.494. The van der Waals surface area contributed by atoms with Crippen LogP contribution in [-0.2, 0) is 4.79 Å². The molecule has 0 spiro atoms. The van der Waals surface area contributed by atoms with Crippen molar-refractivity contribution in [3.05, 3.63) is 0 Å². The Bertz CT molecular complexity index is 495. The fourth-order valence-electron chi connectivity index (χ4n) is 6.87. The molecule has 4 fully saturated rings. The highest BCUT2D eigenvalue weighted by Gasteiger charge is 2.62. The highest BCUT2D eigenvalue weighted by molar-refractivity contribution is 5.77. The molecule has 1 heterocycles. The summed E-state index contributed by atoms with van der Waals surface area (Å²) in [6.07, 6.45) is 6.65. The van der Waals surface area contributed by atoms with Crippen LogP contribution in [0.3, 0.4) is 0 Å². The van der Waals surface area contributed by atoms with Gasteiger partial charge in [0, 0.05) is 18.5 Å². The Balaban J connectivity index is 1.69. The highest BCUT2D eigenvalue weighted by atomic mass is 16.3. The summed E-state index contributed by atoms with van der Waals surface area (Å²) in [5, 5.41) is 14.3. The summed E-state index contributed by atoms with van der Waals surface area (Å²) in [5.74, 6) is 1.76. The topological polar surface area (TPSA) is 75.3 Å². The van der Waals surface area contributed by atoms with Gasteiger partial charge in [0.15, 0.2) is 0 Å². The number of aliphatic hydroxyl groups is 1. The third-order valence-electron chi connectivity index (χ3n) is 8.10. The first-order valence-corrected chi connectivity index (χ1v) is 9.09. The molecule has 124 valence electrons. The number of amides is 1. The molecule has 1 aliphatic heterocycles. The molecule has 3 aliphatic carbocycles. The minimum absolute atomic E-state index is 0.0598. The van der Waals surface area contributed by atoms with E-state index in [0.29, 0.717) is 24.2 Å². The molecule has 4 nitrogen and oxygen atoms in total. The highest BCUT2D eigenvalue weighted by Crippen LogP contribution is 2.63. The molecule has 0 radical (unpaired) electrons. The maximum Gasteiger partial charge on any atom is 0.220 e. The van der Waals surface area contributed by atoms with Gasteiger partial charge in [-0.15, -0.1) is 0 Å². The fourth-order valence-corrected chi connectivity index (χ4v) is 6.87. The van der Waals surface area contributed by atoms with Crippen LogP contribution >= 0.6 is 0 Å². The fraction of sp³-hybridized carbons (Fsp3) is 0.944. The van der Waals surface area contributed by atoms with Crippen molar-refractivity contribution in [3.63, 3.8) is 0 Å². The van der Waals surface area contributed by atoms with E-state index < -0.39 is 0 Å². The third-order valence-corrected chi connectivity index (χ3v) is 8.10. The normalized spacial score (nSPS) is 57.5. The van der Waals surface area contributed by atoms with Gasteiger partial charge in [-0.05, 0) is 67.1 Å². The zero-order valence-corrected chi connectivity index (χ0v) is 13.8. The zero-order valence-electron chi connectivity index (χ0n) is 13.8. The van der Waals surface area contributed by atoms with E-state index in [1.165, 1.54) is 6.42 Å². The molecule has 0 aromatic rings. The Morgan fingerprint density at radius 1 is 1.18 bits per heavy atom. The maximum absolute atomic E-state index is 11.8. The molecule has 8 atom stereocenters. The van der Waals surface area contributed by atoms with E-state index in [9.17, 15) is 9.90 Å². The Morgan fingerprint density at radius 3 is 2.73 bits per heavy atom. The summed E-state index contributed by atoms with van der Waals surface area (Å²) in [7, 11) is 0. The standard InChI is InChI=1S/C18H30N2O2/c1-17-8-7-15(22)20-14(17)6-3-10-11-4-5-13(19)18(11,2)9-12(21)16(10)17/h10-14,16,21H,3-9,19H2,1-2H3,(H,20,22). The van der Waals surface area contributed by atoms with Gasteiger partial charge in [0.1, 0.15) is 0 Å². The maximum atomic E-state index is 11.8. The third kappa shape index (κ3) is 1.80. The Kier molecular flexibility index (Phi) is 3.19. The molecule has 4 rings (SSSR count). The predicted octanol–water partition coefficient (Wildman–Crippen LogP) is 1.81. The first kappa shape index (κ1) is 14.9. The van der Waals surface area contributed by atoms with Crippen LogP contribution in [0.2, 0.25) is 0 Å². The van der Waals surface area contributed by atoms with Crippen molar-refractivity contribution >= 4 is 5.91 Å². The number of nitrogens with one attached hydrogen (secondary N) is 1. The van der Waals surface area contributed by atoms with Crippen molar-refractivity contribution in [2.75, 3.05) is 0 Å². The number of piperidine rings is 1. The Morgan fingerprint density at radius 2 is 1.95 bits per heavy atom. The number of hydrogen-bond donors (Lipinski definition) is 3. The van der Waals surface area contributed by atoms with E-state index in [-0.39, 0.29) is 34.9 Å². The summed E-state index contributed by atoms with van der Waals surface area (Å²) in [6.45, 7) is 4.63. The average molecular weight is 306 g/mol. The molecule has 0 aromatic carbocycles. The van der Waals surface area contributed by atoms with Crippen LogP contribution in [0, 0.1) is 28.6 Å². The number of hydrogen-bond acceptors (Lipinski definition) is 3. The molecule has 0 bridgehead atoms. The molecular formula is C18H30N2O2. The zero-order chi connectivity index (χ0) is 15.7. The second-order valence-electron chi connectivity index (χ2n) is 8.96. The van der Waals surface area contributed by atoms with E-state index in [4.69, 9.17) is 5.73 Å². The first-order valence-electron chi connectivity index (χ1n) is 9.09. The van der Waals surface area contributed by atoms with Crippen molar-refractivity contribution < 1.29 is 9.90 Å². The summed E-state index contributed by atoms with van der Waals surface area (Å²) >= 11 is 0. The monoisotopic (exact) mass is 306 g/mol. The molecule has 3 saturated carbocycles. The molecule has 4 N–H and O–H groups in total. The van der Waals surface area contributed by atoms with Crippen molar-refractivity contribution in [2.24, 2.45) is 34.3 Å². The average Bonchev–Trinajstić information content (AvgIpc) is 2.75. The molecule has 1 saturated heterocycles. The molecule has 4 heteroatoms. The molecule has 22 heavy (non-hydrogen) atoms. The van der Waals surface area contributed by atoms with Crippen LogP contribution in [-0.4, -0.2) is 29.2 Å². The van der Waals surface area contributed by atoms with Gasteiger partial charge >= 0.3 is 0 Å². The smallest absolute Gasteiger partial charge is 0.220 e. The second kappa shape index (κ2) is 4.70. The Hall–Kier alpha value is -0.610. The van der Waals surface area contributed by atoms with E-state index in [2.05, 4.69) is 19.2 Å². The quantitative estimate of drug-likeness (QED) is 0.639. The summed E-state index contributed by atoms with van der Waals surface area (Å²) in [5.41, 5.74) is 6.60. The number of nitrogens with two attached hydrogens (primary N) is 1. The van der Waals surface area contributed by atoms with Crippen LogP contribution in [0.4, 0.5) is 0 Å². The number of carbonyl (C=O) groups excluding carboxylic acids is 1. The van der Waals surface area contributed by atoms with Crippen molar-refractivity contribution in [3.8, 4) is 0 Å². The summed E-state index contributed by atoms with van der Waals surface area (Å²) < 4.78 is 0. The van der Waals surface area contributed by atoms with Gasteiger partial charge in [-0.25, -0.2) is 0 Å². The van der Waals surface area contributed by atoms with Gasteiger partial charge in [0.2, 0.25) is 5.91 Å². The van der Waals surface area contributed by atoms with Crippen LogP contribution in [0.1, 0.15) is 58.8 Å². The predicted molar refractivity (Wildman–Crippen MR) is 84.9 cm³/mol. The number of aliphatic hydroxyl groups excluding tert-OH is 1. The lowest BCUT2D eigenvalue weighted by Crippen LogP contribution is -2.65. The van der Waals surface area contributed by atoms with E-state index in [1.54, 1.807) is 0 Å². The van der Waals surface area contributed by atoms with E-state index in [1.807, 2.05) is 0 Å². The van der Waals surface area contributed by atoms with Crippen LogP contribution in [0.5, 0.6) is 0 Å². The Labute approximate surface area is 133 Å². The molecule has 0 aromatic heterocycles. The van der Waals surface area contributed by atoms with Crippen molar-refractivity contribution in [1.29, 1.82) is 0 Å². The molecule has 8 unspecified atom stereocenters. The first-order chi connectivity index (χ1) is 10.4. The minimum atomic E-state index is -0.266. The van der Waals surface area contributed by atoms with Crippen molar-refractivity contribution in [1.82, 2.24) is 5.32 Å². The number of fused-ring (bicyclic) bond motifs is 5. The van der Waals surface area contributed by atoms with Crippen LogP contribution in [0.25, 0.3) is 0 Å². The van der Waals surface area contributed by atoms with Gasteiger partial charge < -0.3 is 16.2 Å². The number of carbonyl (C=O) groups is 1. The minimum Gasteiger partial charge on any atom is -0.393 e. The SMILES string of the molecule is CC12CC(O)C3C(CCC4NC(=O)CCC43C)C1CCC2N. The molecule has 1 amide bonds. The summed E-state index contributed by atoms with van der Waals surface area (Å²) in [4.78, 5) is 11.8. The van der Waals surface area contributed by atoms with E-state index >= 15 is 0 Å². The van der Waals surface area contributed by atoms with Crippen molar-refractivity contribution in [2.45, 2.75) is 77.0 Å². The largest absolute Gasteiger partial charge is 0.393 e. The van der Waals surface area contributed by atoms with Gasteiger partial charge in [-0.1, -0.05) is 13.8 Å². The van der Waals surface area contributed by atoms with E-state index in [0.717, 1.165) is 32.1 Å². The van der Waals surface area contributed by atoms with Crippen LogP contribution < -0.4 is 11.1 Å². The van der Waals surface area contributed by atoms with Crippen LogP contribution in [0.15, 0.2) is 0 Å².